The molecule has 1 N–H and O–H groups in total. The van der Waals surface area contributed by atoms with Crippen molar-refractivity contribution >= 4 is 51.7 Å². The van der Waals surface area contributed by atoms with E-state index in [0.717, 1.165) is 4.88 Å². The topological polar surface area (TPSA) is 58.6 Å². The number of hydrogen-bond acceptors (Lipinski definition) is 5. The van der Waals surface area contributed by atoms with Crippen LogP contribution in [0.2, 0.25) is 5.02 Å². The Morgan fingerprint density at radius 3 is 2.41 bits per heavy atom. The number of imide groups is 1. The maximum absolute atomic E-state index is 13.3. The number of carbonyl (C=O) groups excluding carboxylic acids is 2. The minimum Gasteiger partial charge on any atom is -0.497 e. The molecule has 0 fully saturated rings. The van der Waals surface area contributed by atoms with Crippen LogP contribution >= 0.6 is 22.9 Å². The smallest absolute Gasteiger partial charge is 0.282 e. The first-order chi connectivity index (χ1) is 14.0. The Morgan fingerprint density at radius 2 is 1.76 bits per heavy atom. The van der Waals surface area contributed by atoms with E-state index in [1.807, 2.05) is 17.5 Å². The third-order valence-corrected chi connectivity index (χ3v) is 5.99. The summed E-state index contributed by atoms with van der Waals surface area (Å²) in [5.41, 5.74) is 2.42. The zero-order valence-corrected chi connectivity index (χ0v) is 17.3. The zero-order chi connectivity index (χ0) is 20.5. The van der Waals surface area contributed by atoms with Crippen LogP contribution in [0.4, 0.5) is 11.4 Å². The highest BCUT2D eigenvalue weighted by Crippen LogP contribution is 2.38. The molecule has 0 spiro atoms. The molecule has 29 heavy (non-hydrogen) atoms. The summed E-state index contributed by atoms with van der Waals surface area (Å²) in [6, 6.07) is 16.0. The fraction of sp³-hybridized carbons (Fsp3) is 0.0909. The quantitative estimate of drug-likeness (QED) is 0.578. The first-order valence-corrected chi connectivity index (χ1v) is 10.1. The second-order valence-corrected chi connectivity index (χ2v) is 7.77. The Kier molecular flexibility index (Phi) is 5.13. The molecular formula is C22H17ClN2O3S. The lowest BCUT2D eigenvalue weighted by molar-refractivity contribution is -0.120. The van der Waals surface area contributed by atoms with Crippen LogP contribution in [0, 0.1) is 6.92 Å². The van der Waals surface area contributed by atoms with Crippen LogP contribution in [-0.4, -0.2) is 18.9 Å². The zero-order valence-electron chi connectivity index (χ0n) is 15.7. The first-order valence-electron chi connectivity index (χ1n) is 8.84. The monoisotopic (exact) mass is 424 g/mol. The molecule has 146 valence electrons. The van der Waals surface area contributed by atoms with Gasteiger partial charge < -0.3 is 10.1 Å². The molecule has 0 radical (unpaired) electrons. The Balaban J connectivity index is 1.79. The number of rotatable bonds is 5. The molecule has 2 amide bonds. The molecule has 0 saturated heterocycles. The van der Waals surface area contributed by atoms with E-state index >= 15 is 0 Å². The van der Waals surface area contributed by atoms with Crippen LogP contribution in [0.5, 0.6) is 5.75 Å². The maximum atomic E-state index is 13.3. The number of amides is 2. The highest BCUT2D eigenvalue weighted by Gasteiger charge is 2.41. The van der Waals surface area contributed by atoms with Crippen molar-refractivity contribution in [2.24, 2.45) is 0 Å². The fourth-order valence-corrected chi connectivity index (χ4v) is 4.11. The summed E-state index contributed by atoms with van der Waals surface area (Å²) in [6.45, 7) is 1.79. The van der Waals surface area contributed by atoms with E-state index in [1.165, 1.54) is 16.2 Å². The van der Waals surface area contributed by atoms with Gasteiger partial charge in [-0.15, -0.1) is 11.3 Å². The fourth-order valence-electron chi connectivity index (χ4n) is 3.17. The van der Waals surface area contributed by atoms with Gasteiger partial charge in [0, 0.05) is 15.6 Å². The van der Waals surface area contributed by atoms with Gasteiger partial charge in [0.2, 0.25) is 0 Å². The Labute approximate surface area is 177 Å². The van der Waals surface area contributed by atoms with Crippen LogP contribution in [0.25, 0.3) is 5.57 Å². The van der Waals surface area contributed by atoms with Crippen molar-refractivity contribution < 1.29 is 14.3 Å². The summed E-state index contributed by atoms with van der Waals surface area (Å²) < 4.78 is 5.18. The summed E-state index contributed by atoms with van der Waals surface area (Å²) in [6.07, 6.45) is 0. The lowest BCUT2D eigenvalue weighted by Crippen LogP contribution is -2.33. The second-order valence-electron chi connectivity index (χ2n) is 6.41. The molecule has 1 aromatic heterocycles. The Morgan fingerprint density at radius 1 is 1.00 bits per heavy atom. The van der Waals surface area contributed by atoms with E-state index in [9.17, 15) is 9.59 Å². The van der Waals surface area contributed by atoms with Gasteiger partial charge in [-0.1, -0.05) is 23.7 Å². The third-order valence-electron chi connectivity index (χ3n) is 4.69. The lowest BCUT2D eigenvalue weighted by atomic mass is 10.1. The second kappa shape index (κ2) is 7.73. The number of thiophene rings is 1. The molecule has 1 aliphatic rings. The molecule has 7 heteroatoms. The molecule has 5 nitrogen and oxygen atoms in total. The number of nitrogens with one attached hydrogen (secondary N) is 1. The molecule has 2 heterocycles. The van der Waals surface area contributed by atoms with Crippen molar-refractivity contribution in [2.45, 2.75) is 6.92 Å². The van der Waals surface area contributed by atoms with Gasteiger partial charge in [-0.3, -0.25) is 9.59 Å². The van der Waals surface area contributed by atoms with E-state index in [2.05, 4.69) is 5.32 Å². The molecule has 4 rings (SSSR count). The van der Waals surface area contributed by atoms with Gasteiger partial charge in [-0.05, 0) is 60.3 Å². The predicted molar refractivity (Wildman–Crippen MR) is 117 cm³/mol. The number of nitrogens with zero attached hydrogens (tertiary/aromatic N) is 1. The minimum atomic E-state index is -0.417. The number of halogens is 1. The van der Waals surface area contributed by atoms with Crippen LogP contribution in [-0.2, 0) is 9.59 Å². The average molecular weight is 425 g/mol. The summed E-state index contributed by atoms with van der Waals surface area (Å²) >= 11 is 7.64. The van der Waals surface area contributed by atoms with Crippen molar-refractivity contribution in [1.82, 2.24) is 0 Å². The number of methoxy groups -OCH3 is 1. The number of carbonyl (C=O) groups is 2. The predicted octanol–water partition coefficient (Wildman–Crippen LogP) is 5.12. The summed E-state index contributed by atoms with van der Waals surface area (Å²) in [5.74, 6) is -0.0913. The molecule has 2 aromatic carbocycles. The van der Waals surface area contributed by atoms with Gasteiger partial charge in [0.05, 0.1) is 18.4 Å². The van der Waals surface area contributed by atoms with E-state index in [-0.39, 0.29) is 11.6 Å². The van der Waals surface area contributed by atoms with E-state index in [0.29, 0.717) is 33.3 Å². The SMILES string of the molecule is COc1ccc(NC2=C(c3cccs3)C(=O)N(c3cccc(Cl)c3C)C2=O)cc1. The van der Waals surface area contributed by atoms with Gasteiger partial charge in [0.25, 0.3) is 11.8 Å². The Hall–Kier alpha value is -3.09. The third kappa shape index (κ3) is 3.41. The van der Waals surface area contributed by atoms with Crippen molar-refractivity contribution in [3.8, 4) is 5.75 Å². The minimum absolute atomic E-state index is 0.238. The molecule has 0 aliphatic carbocycles. The van der Waals surface area contributed by atoms with Gasteiger partial charge >= 0.3 is 0 Å². The Bertz CT molecular complexity index is 1120. The highest BCUT2D eigenvalue weighted by molar-refractivity contribution is 7.11. The van der Waals surface area contributed by atoms with Gasteiger partial charge in [0.15, 0.2) is 0 Å². The van der Waals surface area contributed by atoms with E-state index < -0.39 is 5.91 Å². The summed E-state index contributed by atoms with van der Waals surface area (Å²) in [4.78, 5) is 28.6. The molecular weight excluding hydrogens is 408 g/mol. The summed E-state index contributed by atoms with van der Waals surface area (Å²) in [7, 11) is 1.59. The van der Waals surface area contributed by atoms with Crippen molar-refractivity contribution in [3.05, 3.63) is 81.1 Å². The largest absolute Gasteiger partial charge is 0.497 e. The summed E-state index contributed by atoms with van der Waals surface area (Å²) in [5, 5.41) is 5.50. The molecule has 1 aliphatic heterocycles. The normalized spacial score (nSPS) is 14.0. The van der Waals surface area contributed by atoms with Crippen molar-refractivity contribution in [1.29, 1.82) is 0 Å². The highest BCUT2D eigenvalue weighted by atomic mass is 35.5. The molecule has 0 saturated carbocycles. The number of hydrogen-bond donors (Lipinski definition) is 1. The van der Waals surface area contributed by atoms with Gasteiger partial charge in [0.1, 0.15) is 11.4 Å². The van der Waals surface area contributed by atoms with Crippen molar-refractivity contribution in [2.75, 3.05) is 17.3 Å². The van der Waals surface area contributed by atoms with Gasteiger partial charge in [-0.2, -0.15) is 0 Å². The van der Waals surface area contributed by atoms with Crippen LogP contribution < -0.4 is 15.0 Å². The molecule has 0 unspecified atom stereocenters. The van der Waals surface area contributed by atoms with Crippen LogP contribution in [0.1, 0.15) is 10.4 Å². The van der Waals surface area contributed by atoms with Crippen LogP contribution in [0.3, 0.4) is 0 Å². The number of anilines is 2. The first kappa shape index (κ1) is 19.2. The maximum Gasteiger partial charge on any atom is 0.282 e. The molecule has 0 atom stereocenters. The molecule has 3 aromatic rings. The van der Waals surface area contributed by atoms with E-state index in [1.54, 1.807) is 56.5 Å². The lowest BCUT2D eigenvalue weighted by Gasteiger charge is -2.18. The van der Waals surface area contributed by atoms with Crippen molar-refractivity contribution in [3.63, 3.8) is 0 Å². The standard InChI is InChI=1S/C22H17ClN2O3S/c1-13-16(23)5-3-6-17(13)25-21(26)19(18-7-4-12-29-18)20(22(25)27)24-14-8-10-15(28-2)11-9-14/h3-12,24H,1-2H3. The van der Waals surface area contributed by atoms with E-state index in [4.69, 9.17) is 16.3 Å². The average Bonchev–Trinajstić information content (AvgIpc) is 3.32. The molecule has 0 bridgehead atoms. The van der Waals surface area contributed by atoms with Gasteiger partial charge in [-0.25, -0.2) is 4.90 Å². The number of benzene rings is 2. The van der Waals surface area contributed by atoms with Crippen LogP contribution in [0.15, 0.2) is 65.7 Å². The number of ether oxygens (including phenoxy) is 1.